The number of benzene rings is 1. The minimum Gasteiger partial charge on any atom is -0.466 e. The third-order valence-electron chi connectivity index (χ3n) is 3.62. The molecule has 0 N–H and O–H groups in total. The molecule has 1 aliphatic rings. The fraction of sp³-hybridized carbons (Fsp3) is 0.412. The number of nitrogens with zero attached hydrogens (tertiary/aromatic N) is 1. The van der Waals surface area contributed by atoms with E-state index in [1.807, 2.05) is 12.1 Å². The second-order valence-electron chi connectivity index (χ2n) is 5.26. The van der Waals surface area contributed by atoms with Gasteiger partial charge in [0.1, 0.15) is 0 Å². The maximum absolute atomic E-state index is 12.2. The molecule has 22 heavy (non-hydrogen) atoms. The van der Waals surface area contributed by atoms with Crippen LogP contribution in [0.25, 0.3) is 6.08 Å². The summed E-state index contributed by atoms with van der Waals surface area (Å²) in [5.41, 5.74) is 0.875. The summed E-state index contributed by atoms with van der Waals surface area (Å²) in [5, 5.41) is 0.634. The second kappa shape index (κ2) is 7.99. The number of halogens is 1. The fourth-order valence-corrected chi connectivity index (χ4v) is 2.71. The van der Waals surface area contributed by atoms with Gasteiger partial charge in [0.05, 0.1) is 12.5 Å². The highest BCUT2D eigenvalue weighted by Gasteiger charge is 2.28. The fourth-order valence-electron chi connectivity index (χ4n) is 2.51. The molecule has 4 nitrogen and oxygen atoms in total. The van der Waals surface area contributed by atoms with E-state index in [-0.39, 0.29) is 17.8 Å². The van der Waals surface area contributed by atoms with E-state index in [0.29, 0.717) is 24.7 Å². The van der Waals surface area contributed by atoms with Crippen LogP contribution >= 0.6 is 11.6 Å². The smallest absolute Gasteiger partial charge is 0.310 e. The van der Waals surface area contributed by atoms with Gasteiger partial charge in [0, 0.05) is 24.2 Å². The van der Waals surface area contributed by atoms with Gasteiger partial charge < -0.3 is 9.64 Å². The summed E-state index contributed by atoms with van der Waals surface area (Å²) in [6.45, 7) is 3.27. The molecule has 1 aliphatic heterocycles. The maximum Gasteiger partial charge on any atom is 0.310 e. The molecular formula is C17H20ClNO3. The van der Waals surface area contributed by atoms with Gasteiger partial charge in [-0.2, -0.15) is 0 Å². The van der Waals surface area contributed by atoms with Crippen molar-refractivity contribution in [3.63, 3.8) is 0 Å². The zero-order chi connectivity index (χ0) is 15.9. The molecule has 1 amide bonds. The highest BCUT2D eigenvalue weighted by atomic mass is 35.5. The Balaban J connectivity index is 1.95. The zero-order valence-corrected chi connectivity index (χ0v) is 13.4. The number of hydrogen-bond donors (Lipinski definition) is 0. The van der Waals surface area contributed by atoms with Gasteiger partial charge in [-0.05, 0) is 43.5 Å². The van der Waals surface area contributed by atoms with Crippen molar-refractivity contribution in [1.82, 2.24) is 4.90 Å². The first-order chi connectivity index (χ1) is 10.6. The summed E-state index contributed by atoms with van der Waals surface area (Å²) in [4.78, 5) is 25.7. The van der Waals surface area contributed by atoms with Crippen LogP contribution in [0.5, 0.6) is 0 Å². The molecule has 0 unspecified atom stereocenters. The van der Waals surface area contributed by atoms with Gasteiger partial charge >= 0.3 is 5.97 Å². The van der Waals surface area contributed by atoms with Crippen molar-refractivity contribution >= 4 is 29.6 Å². The van der Waals surface area contributed by atoms with Crippen LogP contribution in [-0.2, 0) is 14.3 Å². The molecule has 1 aromatic rings. The summed E-state index contributed by atoms with van der Waals surface area (Å²) < 4.78 is 5.04. The van der Waals surface area contributed by atoms with Crippen LogP contribution in [0.3, 0.4) is 0 Å². The van der Waals surface area contributed by atoms with Gasteiger partial charge in [0.2, 0.25) is 5.91 Å². The van der Waals surface area contributed by atoms with E-state index < -0.39 is 0 Å². The van der Waals surface area contributed by atoms with E-state index in [0.717, 1.165) is 18.4 Å². The Kier molecular flexibility index (Phi) is 6.01. The largest absolute Gasteiger partial charge is 0.466 e. The molecule has 0 bridgehead atoms. The molecule has 5 heteroatoms. The predicted molar refractivity (Wildman–Crippen MR) is 86.4 cm³/mol. The molecule has 0 radical (unpaired) electrons. The van der Waals surface area contributed by atoms with Crippen LogP contribution in [0.4, 0.5) is 0 Å². The van der Waals surface area contributed by atoms with E-state index in [1.54, 1.807) is 30.0 Å². The average Bonchev–Trinajstić information content (AvgIpc) is 2.53. The number of likely N-dealkylation sites (tertiary alicyclic amines) is 1. The number of rotatable bonds is 4. The molecule has 0 saturated carbocycles. The average molecular weight is 322 g/mol. The van der Waals surface area contributed by atoms with Gasteiger partial charge in [-0.1, -0.05) is 23.7 Å². The van der Waals surface area contributed by atoms with Crippen molar-refractivity contribution in [2.45, 2.75) is 19.8 Å². The minimum atomic E-state index is -0.211. The number of carbonyl (C=O) groups excluding carboxylic acids is 2. The van der Waals surface area contributed by atoms with Crippen LogP contribution in [0, 0.1) is 5.92 Å². The lowest BCUT2D eigenvalue weighted by molar-refractivity contribution is -0.150. The Morgan fingerprint density at radius 3 is 3.00 bits per heavy atom. The lowest BCUT2D eigenvalue weighted by Crippen LogP contribution is -2.42. The number of hydrogen-bond acceptors (Lipinski definition) is 3. The van der Waals surface area contributed by atoms with Gasteiger partial charge in [-0.3, -0.25) is 9.59 Å². The summed E-state index contributed by atoms with van der Waals surface area (Å²) >= 11 is 5.91. The van der Waals surface area contributed by atoms with Gasteiger partial charge in [-0.15, -0.1) is 0 Å². The van der Waals surface area contributed by atoms with Crippen molar-refractivity contribution in [2.75, 3.05) is 19.7 Å². The summed E-state index contributed by atoms with van der Waals surface area (Å²) in [7, 11) is 0. The molecule has 118 valence electrons. The van der Waals surface area contributed by atoms with Gasteiger partial charge in [0.15, 0.2) is 0 Å². The first-order valence-electron chi connectivity index (χ1n) is 7.49. The first kappa shape index (κ1) is 16.6. The number of esters is 1. The van der Waals surface area contributed by atoms with E-state index in [4.69, 9.17) is 16.3 Å². The molecule has 1 fully saturated rings. The molecule has 0 aromatic heterocycles. The quantitative estimate of drug-likeness (QED) is 0.632. The Labute approximate surface area is 135 Å². The topological polar surface area (TPSA) is 46.6 Å². The van der Waals surface area contributed by atoms with Gasteiger partial charge in [0.25, 0.3) is 0 Å². The molecule has 1 saturated heterocycles. The first-order valence-corrected chi connectivity index (χ1v) is 7.87. The van der Waals surface area contributed by atoms with Crippen molar-refractivity contribution < 1.29 is 14.3 Å². The van der Waals surface area contributed by atoms with E-state index in [1.165, 1.54) is 6.08 Å². The molecule has 2 rings (SSSR count). The minimum absolute atomic E-state index is 0.0889. The third-order valence-corrected chi connectivity index (χ3v) is 3.86. The highest BCUT2D eigenvalue weighted by molar-refractivity contribution is 6.30. The van der Waals surface area contributed by atoms with Gasteiger partial charge in [-0.25, -0.2) is 0 Å². The van der Waals surface area contributed by atoms with Crippen molar-refractivity contribution in [1.29, 1.82) is 0 Å². The Morgan fingerprint density at radius 2 is 2.27 bits per heavy atom. The van der Waals surface area contributed by atoms with Crippen LogP contribution < -0.4 is 0 Å². The van der Waals surface area contributed by atoms with Crippen molar-refractivity contribution in [3.05, 3.63) is 40.9 Å². The number of amides is 1. The molecule has 1 atom stereocenters. The van der Waals surface area contributed by atoms with E-state index in [9.17, 15) is 9.59 Å². The second-order valence-corrected chi connectivity index (χ2v) is 5.70. The monoisotopic (exact) mass is 321 g/mol. The number of ether oxygens (including phenoxy) is 1. The summed E-state index contributed by atoms with van der Waals surface area (Å²) in [5.74, 6) is -0.509. The zero-order valence-electron chi connectivity index (χ0n) is 12.6. The maximum atomic E-state index is 12.2. The molecular weight excluding hydrogens is 302 g/mol. The highest BCUT2D eigenvalue weighted by Crippen LogP contribution is 2.19. The molecule has 1 aromatic carbocycles. The van der Waals surface area contributed by atoms with Crippen LogP contribution in [0.2, 0.25) is 5.02 Å². The van der Waals surface area contributed by atoms with E-state index >= 15 is 0 Å². The van der Waals surface area contributed by atoms with Crippen molar-refractivity contribution in [3.8, 4) is 0 Å². The van der Waals surface area contributed by atoms with Crippen LogP contribution in [-0.4, -0.2) is 36.5 Å². The standard InChI is InChI=1S/C17H20ClNO3/c1-2-22-17(21)14-6-4-10-19(12-14)16(20)9-8-13-5-3-7-15(18)11-13/h3,5,7-9,11,14H,2,4,6,10,12H2,1H3/b9-8+/t14-/m1/s1. The summed E-state index contributed by atoms with van der Waals surface area (Å²) in [6.07, 6.45) is 4.86. The van der Waals surface area contributed by atoms with Crippen LogP contribution in [0.1, 0.15) is 25.3 Å². The van der Waals surface area contributed by atoms with E-state index in [2.05, 4.69) is 0 Å². The molecule has 1 heterocycles. The molecule has 0 spiro atoms. The number of piperidine rings is 1. The Bertz CT molecular complexity index is 571. The van der Waals surface area contributed by atoms with Crippen LogP contribution in [0.15, 0.2) is 30.3 Å². The Hall–Kier alpha value is -1.81. The third kappa shape index (κ3) is 4.60. The lowest BCUT2D eigenvalue weighted by Gasteiger charge is -2.30. The Morgan fingerprint density at radius 1 is 1.45 bits per heavy atom. The predicted octanol–water partition coefficient (Wildman–Crippen LogP) is 3.15. The lowest BCUT2D eigenvalue weighted by atomic mass is 9.98. The number of carbonyl (C=O) groups is 2. The molecule has 0 aliphatic carbocycles. The van der Waals surface area contributed by atoms with Crippen molar-refractivity contribution in [2.24, 2.45) is 5.92 Å². The SMILES string of the molecule is CCOC(=O)[C@@H]1CCCN(C(=O)/C=C/c2cccc(Cl)c2)C1. The summed E-state index contributed by atoms with van der Waals surface area (Å²) in [6, 6.07) is 7.30. The normalized spacial score (nSPS) is 18.5.